The predicted molar refractivity (Wildman–Crippen MR) is 162 cm³/mol. The van der Waals surface area contributed by atoms with Crippen LogP contribution in [0.1, 0.15) is 22.3 Å². The smallest absolute Gasteiger partial charge is 0.275 e. The van der Waals surface area contributed by atoms with Gasteiger partial charge in [-0.25, -0.2) is 0 Å². The van der Waals surface area contributed by atoms with E-state index in [2.05, 4.69) is 60.7 Å². The molecular weight excluding hydrogens is 546 g/mol. The van der Waals surface area contributed by atoms with Crippen LogP contribution >= 0.6 is 30.6 Å². The third-order valence-corrected chi connectivity index (χ3v) is 9.35. The van der Waals surface area contributed by atoms with Crippen LogP contribution < -0.4 is 14.6 Å². The van der Waals surface area contributed by atoms with Gasteiger partial charge in [0, 0.05) is 11.7 Å². The van der Waals surface area contributed by atoms with Crippen LogP contribution in [0.25, 0.3) is 0 Å². The second-order valence-electron chi connectivity index (χ2n) is 9.27. The fraction of sp³-hybridized carbons (Fsp3) is 0.0909. The fourth-order valence-corrected chi connectivity index (χ4v) is 7.33. The first-order valence-electron chi connectivity index (χ1n) is 12.4. The number of benzene rings is 5. The maximum absolute atomic E-state index is 13.6. The van der Waals surface area contributed by atoms with Crippen molar-refractivity contribution in [3.63, 3.8) is 0 Å². The van der Waals surface area contributed by atoms with Gasteiger partial charge in [0.15, 0.2) is 0 Å². The first-order chi connectivity index (χ1) is 18.8. The quantitative estimate of drug-likeness (QED) is 0.137. The van der Waals surface area contributed by atoms with Crippen LogP contribution in [0.5, 0.6) is 11.5 Å². The Hall–Kier alpha value is -3.49. The molecular formula is C33H27Cl2O3P. The average molecular weight is 573 g/mol. The molecule has 5 rings (SSSR count). The van der Waals surface area contributed by atoms with Gasteiger partial charge in [-0.3, -0.25) is 4.57 Å². The van der Waals surface area contributed by atoms with Crippen LogP contribution in [0, 0.1) is 0 Å². The maximum Gasteiger partial charge on any atom is 0.275 e. The fourth-order valence-electron chi connectivity index (χ4n) is 5.04. The van der Waals surface area contributed by atoms with E-state index in [1.807, 2.05) is 48.5 Å². The summed E-state index contributed by atoms with van der Waals surface area (Å²) in [6.07, 6.45) is 0. The standard InChI is InChI=1S/C33H27Cl2O3P/c1-37-29-18-13-26(14-19-29)33(24-9-5-3-6-10-24,25-11-7-4-8-12-25)27-15-20-30(21-16-27)38-39(2,36)32-22-17-28(34)23-31(32)35/h3-23H,1-2H3. The van der Waals surface area contributed by atoms with E-state index < -0.39 is 12.8 Å². The Bertz CT molecular complexity index is 1560. The first kappa shape index (κ1) is 27.1. The van der Waals surface area contributed by atoms with Crippen molar-refractivity contribution in [3.05, 3.63) is 160 Å². The molecule has 3 nitrogen and oxygen atoms in total. The molecule has 0 aliphatic rings. The van der Waals surface area contributed by atoms with Gasteiger partial charge >= 0.3 is 0 Å². The van der Waals surface area contributed by atoms with Crippen molar-refractivity contribution in [1.82, 2.24) is 0 Å². The topological polar surface area (TPSA) is 35.5 Å². The molecule has 0 aliphatic carbocycles. The van der Waals surface area contributed by atoms with Gasteiger partial charge < -0.3 is 9.26 Å². The highest BCUT2D eigenvalue weighted by Gasteiger charge is 2.38. The van der Waals surface area contributed by atoms with Crippen LogP contribution in [0.2, 0.25) is 10.0 Å². The minimum absolute atomic E-state index is 0.316. The Kier molecular flexibility index (Phi) is 7.86. The molecule has 0 saturated carbocycles. The SMILES string of the molecule is COc1ccc(C(c2ccccc2)(c2ccccc2)c2ccc(OP(C)(=O)c3ccc(Cl)cc3Cl)cc2)cc1. The summed E-state index contributed by atoms with van der Waals surface area (Å²) in [6, 6.07) is 41.7. The summed E-state index contributed by atoms with van der Waals surface area (Å²) in [6.45, 7) is 1.56. The summed E-state index contributed by atoms with van der Waals surface area (Å²) in [5, 5.41) is 1.22. The lowest BCUT2D eigenvalue weighted by Gasteiger charge is -2.37. The van der Waals surface area contributed by atoms with E-state index in [1.165, 1.54) is 0 Å². The average Bonchev–Trinajstić information content (AvgIpc) is 2.95. The Morgan fingerprint density at radius 1 is 0.615 bits per heavy atom. The van der Waals surface area contributed by atoms with Crippen molar-refractivity contribution >= 4 is 35.9 Å². The molecule has 196 valence electrons. The minimum Gasteiger partial charge on any atom is -0.497 e. The van der Waals surface area contributed by atoms with Gasteiger partial charge in [-0.2, -0.15) is 0 Å². The van der Waals surface area contributed by atoms with E-state index in [0.717, 1.165) is 28.0 Å². The zero-order chi connectivity index (χ0) is 27.5. The molecule has 6 heteroatoms. The molecule has 0 spiro atoms. The van der Waals surface area contributed by atoms with Crippen LogP contribution in [0.3, 0.4) is 0 Å². The lowest BCUT2D eigenvalue weighted by molar-refractivity contribution is 0.414. The summed E-state index contributed by atoms with van der Waals surface area (Å²) in [7, 11) is -1.60. The summed E-state index contributed by atoms with van der Waals surface area (Å²) < 4.78 is 25.0. The molecule has 0 bridgehead atoms. The zero-order valence-electron chi connectivity index (χ0n) is 21.6. The van der Waals surface area contributed by atoms with Crippen LogP contribution in [-0.2, 0) is 9.98 Å². The van der Waals surface area contributed by atoms with Crippen molar-refractivity contribution in [2.24, 2.45) is 0 Å². The van der Waals surface area contributed by atoms with Gasteiger partial charge in [-0.05, 0) is 64.7 Å². The van der Waals surface area contributed by atoms with E-state index in [4.69, 9.17) is 32.5 Å². The van der Waals surface area contributed by atoms with Crippen molar-refractivity contribution < 1.29 is 13.8 Å². The van der Waals surface area contributed by atoms with Crippen LogP contribution in [0.4, 0.5) is 0 Å². The monoisotopic (exact) mass is 572 g/mol. The molecule has 0 saturated heterocycles. The van der Waals surface area contributed by atoms with Crippen LogP contribution in [0.15, 0.2) is 127 Å². The molecule has 0 amide bonds. The highest BCUT2D eigenvalue weighted by atomic mass is 35.5. The van der Waals surface area contributed by atoms with Crippen LogP contribution in [-0.4, -0.2) is 13.8 Å². The van der Waals surface area contributed by atoms with Gasteiger partial charge in [-0.1, -0.05) is 108 Å². The predicted octanol–water partition coefficient (Wildman–Crippen LogP) is 9.00. The van der Waals surface area contributed by atoms with E-state index in [9.17, 15) is 4.57 Å². The number of hydrogen-bond donors (Lipinski definition) is 0. The Morgan fingerprint density at radius 3 is 1.54 bits per heavy atom. The van der Waals surface area contributed by atoms with Crippen molar-refractivity contribution in [2.75, 3.05) is 13.8 Å². The highest BCUT2D eigenvalue weighted by Crippen LogP contribution is 2.48. The second-order valence-corrected chi connectivity index (χ2v) is 12.5. The number of hydrogen-bond acceptors (Lipinski definition) is 3. The largest absolute Gasteiger partial charge is 0.497 e. The number of methoxy groups -OCH3 is 1. The van der Waals surface area contributed by atoms with Gasteiger partial charge in [0.25, 0.3) is 7.37 Å². The number of ether oxygens (including phenoxy) is 1. The lowest BCUT2D eigenvalue weighted by Crippen LogP contribution is -2.30. The number of halogens is 2. The van der Waals surface area contributed by atoms with Crippen molar-refractivity contribution in [3.8, 4) is 11.5 Å². The van der Waals surface area contributed by atoms with Gasteiger partial charge in [0.1, 0.15) is 11.5 Å². The Labute approximate surface area is 239 Å². The number of rotatable bonds is 8. The molecule has 39 heavy (non-hydrogen) atoms. The normalized spacial score (nSPS) is 12.9. The molecule has 0 aromatic heterocycles. The summed E-state index contributed by atoms with van der Waals surface area (Å²) in [4.78, 5) is 0. The molecule has 5 aromatic rings. The highest BCUT2D eigenvalue weighted by molar-refractivity contribution is 7.66. The molecule has 0 radical (unpaired) electrons. The molecule has 5 aromatic carbocycles. The van der Waals surface area contributed by atoms with Gasteiger partial charge in [-0.15, -0.1) is 0 Å². The molecule has 0 fully saturated rings. The minimum atomic E-state index is -3.27. The Balaban J connectivity index is 1.64. The Morgan fingerprint density at radius 2 is 1.08 bits per heavy atom. The van der Waals surface area contributed by atoms with E-state index >= 15 is 0 Å². The third kappa shape index (κ3) is 5.36. The molecule has 0 aliphatic heterocycles. The molecule has 1 atom stereocenters. The van der Waals surface area contributed by atoms with Gasteiger partial charge in [0.05, 0.1) is 22.9 Å². The van der Waals surface area contributed by atoms with Gasteiger partial charge in [0.2, 0.25) is 0 Å². The summed E-state index contributed by atoms with van der Waals surface area (Å²) in [5.74, 6) is 1.28. The maximum atomic E-state index is 13.6. The van der Waals surface area contributed by atoms with E-state index in [1.54, 1.807) is 32.0 Å². The van der Waals surface area contributed by atoms with E-state index in [0.29, 0.717) is 21.1 Å². The molecule has 0 heterocycles. The van der Waals surface area contributed by atoms with E-state index in [-0.39, 0.29) is 0 Å². The second kappa shape index (κ2) is 11.3. The van der Waals surface area contributed by atoms with Crippen molar-refractivity contribution in [2.45, 2.75) is 5.41 Å². The molecule has 0 N–H and O–H groups in total. The lowest BCUT2D eigenvalue weighted by atomic mass is 9.65. The molecule has 1 unspecified atom stereocenters. The zero-order valence-corrected chi connectivity index (χ0v) is 24.0. The third-order valence-electron chi connectivity index (χ3n) is 6.85. The summed E-state index contributed by atoms with van der Waals surface area (Å²) >= 11 is 12.4. The summed E-state index contributed by atoms with van der Waals surface area (Å²) in [5.41, 5.74) is 3.73. The van der Waals surface area contributed by atoms with Crippen molar-refractivity contribution in [1.29, 1.82) is 0 Å². The first-order valence-corrected chi connectivity index (χ1v) is 15.3.